The third-order valence-corrected chi connectivity index (χ3v) is 2.67. The van der Waals surface area contributed by atoms with Gasteiger partial charge in [-0.15, -0.1) is 6.58 Å². The fourth-order valence-electron chi connectivity index (χ4n) is 1.60. The fraction of sp³-hybridized carbons (Fsp3) is 0.636. The summed E-state index contributed by atoms with van der Waals surface area (Å²) in [4.78, 5) is 0. The van der Waals surface area contributed by atoms with E-state index >= 15 is 0 Å². The third-order valence-electron chi connectivity index (χ3n) is 2.67. The van der Waals surface area contributed by atoms with Gasteiger partial charge in [0, 0.05) is 0 Å². The molecule has 0 radical (unpaired) electrons. The lowest BCUT2D eigenvalue weighted by Crippen LogP contribution is -2.12. The summed E-state index contributed by atoms with van der Waals surface area (Å²) >= 11 is 0. The number of aliphatic hydroxyl groups excluding tert-OH is 2. The van der Waals surface area contributed by atoms with Crippen molar-refractivity contribution in [3.63, 3.8) is 0 Å². The highest BCUT2D eigenvalue weighted by Crippen LogP contribution is 2.31. The van der Waals surface area contributed by atoms with Crippen LogP contribution in [0.15, 0.2) is 24.8 Å². The Kier molecular flexibility index (Phi) is 2.93. The summed E-state index contributed by atoms with van der Waals surface area (Å²) in [5.74, 6) is 0. The third kappa shape index (κ3) is 2.46. The SMILES string of the molecule is C=C[C@@H](O)[C@@H]1O[C@H]1/C=C/[C@@H]1O[C@@H]1[C@@H](C)O. The van der Waals surface area contributed by atoms with Crippen molar-refractivity contribution in [3.8, 4) is 0 Å². The highest BCUT2D eigenvalue weighted by molar-refractivity contribution is 5.13. The van der Waals surface area contributed by atoms with E-state index in [1.807, 2.05) is 12.2 Å². The first-order chi connectivity index (χ1) is 7.13. The molecule has 2 heterocycles. The minimum Gasteiger partial charge on any atom is -0.391 e. The van der Waals surface area contributed by atoms with Crippen LogP contribution in [0.25, 0.3) is 0 Å². The highest BCUT2D eigenvalue weighted by Gasteiger charge is 2.44. The molecule has 2 fully saturated rings. The Morgan fingerprint density at radius 3 is 2.13 bits per heavy atom. The van der Waals surface area contributed by atoms with Gasteiger partial charge in [0.1, 0.15) is 30.5 Å². The largest absolute Gasteiger partial charge is 0.391 e. The van der Waals surface area contributed by atoms with Crippen molar-refractivity contribution in [2.75, 3.05) is 0 Å². The van der Waals surface area contributed by atoms with Gasteiger partial charge in [-0.3, -0.25) is 0 Å². The first-order valence-corrected chi connectivity index (χ1v) is 5.11. The van der Waals surface area contributed by atoms with Crippen LogP contribution in [0, 0.1) is 0 Å². The monoisotopic (exact) mass is 212 g/mol. The second-order valence-electron chi connectivity index (χ2n) is 3.98. The fourth-order valence-corrected chi connectivity index (χ4v) is 1.60. The number of rotatable bonds is 5. The van der Waals surface area contributed by atoms with E-state index in [0.29, 0.717) is 0 Å². The average Bonchev–Trinajstić information content (AvgIpc) is 3.06. The molecule has 2 saturated heterocycles. The smallest absolute Gasteiger partial charge is 0.118 e. The Morgan fingerprint density at radius 2 is 1.67 bits per heavy atom. The Bertz CT molecular complexity index is 274. The van der Waals surface area contributed by atoms with Crippen LogP contribution in [0.5, 0.6) is 0 Å². The van der Waals surface area contributed by atoms with Crippen molar-refractivity contribution in [2.24, 2.45) is 0 Å². The van der Waals surface area contributed by atoms with Gasteiger partial charge in [-0.2, -0.15) is 0 Å². The van der Waals surface area contributed by atoms with Crippen LogP contribution in [0.3, 0.4) is 0 Å². The van der Waals surface area contributed by atoms with E-state index in [4.69, 9.17) is 9.47 Å². The molecule has 2 rings (SSSR count). The molecule has 4 heteroatoms. The van der Waals surface area contributed by atoms with Crippen LogP contribution in [-0.2, 0) is 9.47 Å². The van der Waals surface area contributed by atoms with E-state index in [2.05, 4.69) is 6.58 Å². The Balaban J connectivity index is 1.72. The normalized spacial score (nSPS) is 42.6. The lowest BCUT2D eigenvalue weighted by atomic mass is 10.1. The van der Waals surface area contributed by atoms with Crippen molar-refractivity contribution in [1.29, 1.82) is 0 Å². The number of ether oxygens (including phenoxy) is 2. The summed E-state index contributed by atoms with van der Waals surface area (Å²) in [6.45, 7) is 5.19. The maximum atomic E-state index is 9.34. The Labute approximate surface area is 88.8 Å². The van der Waals surface area contributed by atoms with Crippen LogP contribution in [0.4, 0.5) is 0 Å². The summed E-state index contributed by atoms with van der Waals surface area (Å²) in [5.41, 5.74) is 0. The van der Waals surface area contributed by atoms with Gasteiger partial charge in [0.05, 0.1) is 6.10 Å². The van der Waals surface area contributed by atoms with Gasteiger partial charge in [-0.1, -0.05) is 18.2 Å². The maximum absolute atomic E-state index is 9.34. The van der Waals surface area contributed by atoms with E-state index < -0.39 is 12.2 Å². The van der Waals surface area contributed by atoms with Gasteiger partial charge in [-0.25, -0.2) is 0 Å². The van der Waals surface area contributed by atoms with Gasteiger partial charge in [-0.05, 0) is 6.92 Å². The first-order valence-electron chi connectivity index (χ1n) is 5.11. The predicted molar refractivity (Wildman–Crippen MR) is 54.3 cm³/mol. The molecule has 2 aliphatic heterocycles. The summed E-state index contributed by atoms with van der Waals surface area (Å²) in [7, 11) is 0. The molecule has 0 unspecified atom stereocenters. The molecule has 0 saturated carbocycles. The number of hydrogen-bond donors (Lipinski definition) is 2. The summed E-state index contributed by atoms with van der Waals surface area (Å²) < 4.78 is 10.4. The number of hydrogen-bond acceptors (Lipinski definition) is 4. The van der Waals surface area contributed by atoms with E-state index in [-0.39, 0.29) is 24.4 Å². The molecule has 6 atom stereocenters. The minimum absolute atomic E-state index is 0.00396. The zero-order valence-electron chi connectivity index (χ0n) is 8.61. The molecule has 0 aromatic heterocycles. The topological polar surface area (TPSA) is 65.5 Å². The van der Waals surface area contributed by atoms with E-state index in [1.165, 1.54) is 6.08 Å². The Hall–Kier alpha value is -0.680. The van der Waals surface area contributed by atoms with Crippen LogP contribution < -0.4 is 0 Å². The zero-order chi connectivity index (χ0) is 11.0. The second kappa shape index (κ2) is 4.06. The molecule has 0 amide bonds. The van der Waals surface area contributed by atoms with Crippen LogP contribution in [-0.4, -0.2) is 46.8 Å². The van der Waals surface area contributed by atoms with E-state index in [9.17, 15) is 10.2 Å². The predicted octanol–water partition coefficient (Wildman–Crippen LogP) is 0.00510. The molecule has 4 nitrogen and oxygen atoms in total. The molecule has 2 N–H and O–H groups in total. The van der Waals surface area contributed by atoms with Crippen molar-refractivity contribution >= 4 is 0 Å². The average molecular weight is 212 g/mol. The van der Waals surface area contributed by atoms with Crippen molar-refractivity contribution in [3.05, 3.63) is 24.8 Å². The molecule has 15 heavy (non-hydrogen) atoms. The zero-order valence-corrected chi connectivity index (χ0v) is 8.61. The molecular weight excluding hydrogens is 196 g/mol. The molecule has 0 spiro atoms. The van der Waals surface area contributed by atoms with Gasteiger partial charge in [0.25, 0.3) is 0 Å². The standard InChI is InChI=1S/C11H16O4/c1-3-7(13)11-9(15-11)5-4-8-10(14-8)6(2)12/h3-13H,1H2,2H3/b5-4+/t6-,7-,8+,9+,10-,11+/m1/s1. The quantitative estimate of drug-likeness (QED) is 0.497. The Morgan fingerprint density at radius 1 is 1.13 bits per heavy atom. The molecule has 84 valence electrons. The molecule has 0 aromatic carbocycles. The van der Waals surface area contributed by atoms with Gasteiger partial charge in [0.2, 0.25) is 0 Å². The number of aliphatic hydroxyl groups is 2. The molecule has 0 aliphatic carbocycles. The van der Waals surface area contributed by atoms with Crippen molar-refractivity contribution in [1.82, 2.24) is 0 Å². The summed E-state index contributed by atoms with van der Waals surface area (Å²) in [5, 5.41) is 18.5. The van der Waals surface area contributed by atoms with Crippen molar-refractivity contribution in [2.45, 2.75) is 43.5 Å². The lowest BCUT2D eigenvalue weighted by Gasteiger charge is -1.96. The molecular formula is C11H16O4. The van der Waals surface area contributed by atoms with Crippen LogP contribution in [0.1, 0.15) is 6.92 Å². The lowest BCUT2D eigenvalue weighted by molar-refractivity contribution is 0.152. The molecule has 0 aromatic rings. The van der Waals surface area contributed by atoms with Gasteiger partial charge < -0.3 is 19.7 Å². The highest BCUT2D eigenvalue weighted by atomic mass is 16.6. The minimum atomic E-state index is -0.604. The van der Waals surface area contributed by atoms with Gasteiger partial charge >= 0.3 is 0 Å². The van der Waals surface area contributed by atoms with E-state index in [0.717, 1.165) is 0 Å². The van der Waals surface area contributed by atoms with Crippen LogP contribution in [0.2, 0.25) is 0 Å². The summed E-state index contributed by atoms with van der Waals surface area (Å²) in [6.07, 6.45) is 3.87. The first kappa shape index (κ1) is 10.8. The van der Waals surface area contributed by atoms with E-state index in [1.54, 1.807) is 6.92 Å². The van der Waals surface area contributed by atoms with Crippen molar-refractivity contribution < 1.29 is 19.7 Å². The van der Waals surface area contributed by atoms with Gasteiger partial charge in [0.15, 0.2) is 0 Å². The molecule has 0 bridgehead atoms. The maximum Gasteiger partial charge on any atom is 0.118 e. The molecule has 2 aliphatic rings. The second-order valence-corrected chi connectivity index (χ2v) is 3.98. The number of epoxide rings is 2. The van der Waals surface area contributed by atoms with Crippen LogP contribution >= 0.6 is 0 Å². The summed E-state index contributed by atoms with van der Waals surface area (Å²) in [6, 6.07) is 0.